The van der Waals surface area contributed by atoms with Crippen LogP contribution < -0.4 is 0 Å². The van der Waals surface area contributed by atoms with Crippen LogP contribution in [0.25, 0.3) is 0 Å². The van der Waals surface area contributed by atoms with Crippen LogP contribution in [0, 0.1) is 23.7 Å². The highest BCUT2D eigenvalue weighted by Crippen LogP contribution is 2.17. The first-order chi connectivity index (χ1) is 9.62. The Bertz CT molecular complexity index is 584. The second-order valence-corrected chi connectivity index (χ2v) is 6.07. The summed E-state index contributed by atoms with van der Waals surface area (Å²) in [6.45, 7) is 11.4. The molecule has 104 valence electrons. The third-order valence-corrected chi connectivity index (χ3v) is 4.32. The maximum absolute atomic E-state index is 3.34. The Labute approximate surface area is 128 Å². The van der Waals surface area contributed by atoms with Crippen molar-refractivity contribution in [2.45, 2.75) is 53.7 Å². The second kappa shape index (κ2) is 8.73. The van der Waals surface area contributed by atoms with Gasteiger partial charge in [-0.3, -0.25) is 0 Å². The average molecular weight is 282 g/mol. The lowest BCUT2D eigenvalue weighted by Gasteiger charge is -2.11. The first kappa shape index (κ1) is 16.7. The van der Waals surface area contributed by atoms with Crippen molar-refractivity contribution in [3.63, 3.8) is 0 Å². The van der Waals surface area contributed by atoms with Gasteiger partial charge in [0.2, 0.25) is 0 Å². The van der Waals surface area contributed by atoms with Crippen molar-refractivity contribution in [2.75, 3.05) is 0 Å². The van der Waals surface area contributed by atoms with Crippen molar-refractivity contribution in [3.8, 4) is 23.7 Å². The number of allylic oxidation sites excluding steroid dienone is 2. The van der Waals surface area contributed by atoms with E-state index in [-0.39, 0.29) is 0 Å². The Kier molecular flexibility index (Phi) is 7.28. The third-order valence-electron chi connectivity index (χ3n) is 3.41. The summed E-state index contributed by atoms with van der Waals surface area (Å²) in [4.78, 5) is 2.19. The quantitative estimate of drug-likeness (QED) is 0.521. The van der Waals surface area contributed by atoms with Gasteiger partial charge in [-0.2, -0.15) is 0 Å². The molecule has 0 saturated heterocycles. The maximum Gasteiger partial charge on any atom is 0.168 e. The van der Waals surface area contributed by atoms with Crippen LogP contribution >= 0.6 is 11.3 Å². The van der Waals surface area contributed by atoms with Crippen LogP contribution in [-0.2, 0) is 0 Å². The standard InChI is InChI=1S/C18H23BS/c1-6-9-16-12-13-17(20-16)11-10-15(4)18(8-3)19(5)14-7-2/h12-13H,7-8,14H2,1-5H3/b18-15-. The lowest BCUT2D eigenvalue weighted by molar-refractivity contribution is 1.05. The van der Waals surface area contributed by atoms with Gasteiger partial charge in [0.05, 0.1) is 9.75 Å². The summed E-state index contributed by atoms with van der Waals surface area (Å²) in [7, 11) is 0. The molecular formula is C18H23BS. The number of thiophene rings is 1. The van der Waals surface area contributed by atoms with E-state index in [1.807, 2.05) is 13.0 Å². The zero-order valence-electron chi connectivity index (χ0n) is 13.3. The third kappa shape index (κ3) is 4.95. The molecule has 0 unspecified atom stereocenters. The molecule has 2 heteroatoms. The van der Waals surface area contributed by atoms with E-state index in [4.69, 9.17) is 0 Å². The van der Waals surface area contributed by atoms with Crippen molar-refractivity contribution in [2.24, 2.45) is 0 Å². The van der Waals surface area contributed by atoms with Crippen molar-refractivity contribution in [1.29, 1.82) is 0 Å². The summed E-state index contributed by atoms with van der Waals surface area (Å²) in [5.41, 5.74) is 2.74. The lowest BCUT2D eigenvalue weighted by atomic mass is 9.42. The molecule has 0 aliphatic carbocycles. The van der Waals surface area contributed by atoms with Crippen LogP contribution in [-0.4, -0.2) is 6.71 Å². The average Bonchev–Trinajstić information content (AvgIpc) is 2.86. The van der Waals surface area contributed by atoms with E-state index in [0.29, 0.717) is 6.71 Å². The minimum absolute atomic E-state index is 0.643. The molecular weight excluding hydrogens is 259 g/mol. The first-order valence-electron chi connectivity index (χ1n) is 7.36. The summed E-state index contributed by atoms with van der Waals surface area (Å²) in [5, 5.41) is 0. The largest absolute Gasteiger partial charge is 0.168 e. The van der Waals surface area contributed by atoms with Crippen molar-refractivity contribution < 1.29 is 0 Å². The maximum atomic E-state index is 3.34. The Morgan fingerprint density at radius 3 is 2.40 bits per heavy atom. The van der Waals surface area contributed by atoms with Gasteiger partial charge in [0.15, 0.2) is 6.71 Å². The van der Waals surface area contributed by atoms with E-state index >= 15 is 0 Å². The number of hydrogen-bond donors (Lipinski definition) is 0. The van der Waals surface area contributed by atoms with E-state index in [9.17, 15) is 0 Å². The SMILES string of the molecule is CC#Cc1ccc(C#C/C(C)=C(/CC)B(C)CCC)s1. The monoisotopic (exact) mass is 282 g/mol. The molecule has 0 bridgehead atoms. The second-order valence-electron chi connectivity index (χ2n) is 4.98. The van der Waals surface area contributed by atoms with Gasteiger partial charge in [-0.25, -0.2) is 0 Å². The molecule has 0 spiro atoms. The number of rotatable bonds is 4. The molecule has 1 heterocycles. The Hall–Kier alpha value is -1.38. The molecule has 20 heavy (non-hydrogen) atoms. The van der Waals surface area contributed by atoms with E-state index in [1.165, 1.54) is 23.8 Å². The van der Waals surface area contributed by atoms with Crippen molar-refractivity contribution in [1.82, 2.24) is 0 Å². The van der Waals surface area contributed by atoms with Crippen LogP contribution in [0.4, 0.5) is 0 Å². The highest BCUT2D eigenvalue weighted by atomic mass is 32.1. The molecule has 0 N–H and O–H groups in total. The van der Waals surface area contributed by atoms with Crippen molar-refractivity contribution in [3.05, 3.63) is 32.9 Å². The number of hydrogen-bond acceptors (Lipinski definition) is 1. The van der Waals surface area contributed by atoms with Crippen molar-refractivity contribution >= 4 is 18.0 Å². The highest BCUT2D eigenvalue weighted by Gasteiger charge is 2.12. The summed E-state index contributed by atoms with van der Waals surface area (Å²) in [6.07, 6.45) is 3.57. The van der Waals surface area contributed by atoms with Crippen LogP contribution in [0.1, 0.15) is 50.3 Å². The Balaban J connectivity index is 2.93. The van der Waals surface area contributed by atoms with Crippen LogP contribution in [0.15, 0.2) is 23.2 Å². The minimum Gasteiger partial charge on any atom is -0.118 e. The summed E-state index contributed by atoms with van der Waals surface area (Å²) in [5.74, 6) is 12.6. The van der Waals surface area contributed by atoms with Gasteiger partial charge in [0, 0.05) is 0 Å². The molecule has 1 aromatic heterocycles. The fourth-order valence-corrected chi connectivity index (χ4v) is 3.19. The molecule has 0 aromatic carbocycles. The zero-order valence-corrected chi connectivity index (χ0v) is 14.1. The summed E-state index contributed by atoms with van der Waals surface area (Å²) in [6, 6.07) is 4.11. The molecule has 1 aromatic rings. The van der Waals surface area contributed by atoms with Gasteiger partial charge in [-0.15, -0.1) is 17.3 Å². The highest BCUT2D eigenvalue weighted by molar-refractivity contribution is 7.13. The Morgan fingerprint density at radius 1 is 1.20 bits per heavy atom. The molecule has 0 aliphatic heterocycles. The molecule has 0 aliphatic rings. The van der Waals surface area contributed by atoms with E-state index in [2.05, 4.69) is 57.3 Å². The zero-order chi connectivity index (χ0) is 15.0. The fraction of sp³-hybridized carbons (Fsp3) is 0.444. The molecule has 0 fully saturated rings. The van der Waals surface area contributed by atoms with Gasteiger partial charge >= 0.3 is 0 Å². The molecule has 1 rings (SSSR count). The van der Waals surface area contributed by atoms with Gasteiger partial charge < -0.3 is 0 Å². The summed E-state index contributed by atoms with van der Waals surface area (Å²) < 4.78 is 0. The topological polar surface area (TPSA) is 0 Å². The van der Waals surface area contributed by atoms with Crippen LogP contribution in [0.3, 0.4) is 0 Å². The minimum atomic E-state index is 0.643. The van der Waals surface area contributed by atoms with Crippen LogP contribution in [0.5, 0.6) is 0 Å². The Morgan fingerprint density at radius 2 is 1.85 bits per heavy atom. The van der Waals surface area contributed by atoms with E-state index < -0.39 is 0 Å². The van der Waals surface area contributed by atoms with E-state index in [1.54, 1.807) is 11.3 Å². The predicted octanol–water partition coefficient (Wildman–Crippen LogP) is 5.27. The molecule has 0 nitrogen and oxygen atoms in total. The predicted molar refractivity (Wildman–Crippen MR) is 93.5 cm³/mol. The molecule has 0 amide bonds. The van der Waals surface area contributed by atoms with E-state index in [0.717, 1.165) is 16.2 Å². The molecule has 0 radical (unpaired) electrons. The van der Waals surface area contributed by atoms with Gasteiger partial charge in [0.25, 0.3) is 0 Å². The van der Waals surface area contributed by atoms with Gasteiger partial charge in [-0.05, 0) is 38.0 Å². The molecule has 0 saturated carbocycles. The van der Waals surface area contributed by atoms with Gasteiger partial charge in [0.1, 0.15) is 0 Å². The van der Waals surface area contributed by atoms with Crippen LogP contribution in [0.2, 0.25) is 13.1 Å². The lowest BCUT2D eigenvalue weighted by Crippen LogP contribution is -2.12. The fourth-order valence-electron chi connectivity index (χ4n) is 2.42. The van der Waals surface area contributed by atoms with Gasteiger partial charge in [-0.1, -0.05) is 56.6 Å². The molecule has 0 atom stereocenters. The summed E-state index contributed by atoms with van der Waals surface area (Å²) >= 11 is 1.67. The smallest absolute Gasteiger partial charge is 0.118 e. The normalized spacial score (nSPS) is 10.8. The first-order valence-corrected chi connectivity index (χ1v) is 8.18.